The van der Waals surface area contributed by atoms with Crippen LogP contribution in [-0.4, -0.2) is 19.7 Å². The minimum Gasteiger partial charge on any atom is -0.494 e. The highest BCUT2D eigenvalue weighted by Gasteiger charge is 2.15. The number of hydrogen-bond donors (Lipinski definition) is 1. The van der Waals surface area contributed by atoms with Gasteiger partial charge in [-0.3, -0.25) is 0 Å². The number of benzene rings is 2. The summed E-state index contributed by atoms with van der Waals surface area (Å²) in [6, 6.07) is 18.6. The highest BCUT2D eigenvalue weighted by molar-refractivity contribution is 5.58. The number of para-hydroxylation sites is 1. The Kier molecular flexibility index (Phi) is 4.22. The highest BCUT2D eigenvalue weighted by Crippen LogP contribution is 2.19. The zero-order valence-electron chi connectivity index (χ0n) is 12.3. The fourth-order valence-corrected chi connectivity index (χ4v) is 2.46. The number of nitrogens with one attached hydrogen (secondary N) is 1. The van der Waals surface area contributed by atoms with E-state index in [4.69, 9.17) is 4.74 Å². The first-order chi connectivity index (χ1) is 10.3. The van der Waals surface area contributed by atoms with Crippen LogP contribution in [0.25, 0.3) is 6.08 Å². The zero-order valence-corrected chi connectivity index (χ0v) is 12.3. The monoisotopic (exact) mass is 280 g/mol. The average molecular weight is 280 g/mol. The molecule has 0 amide bonds. The summed E-state index contributed by atoms with van der Waals surface area (Å²) in [6.07, 6.45) is 2.24. The number of nitrogens with zero attached hydrogens (tertiary/aromatic N) is 1. The van der Waals surface area contributed by atoms with Crippen LogP contribution >= 0.6 is 0 Å². The van der Waals surface area contributed by atoms with Gasteiger partial charge in [0.1, 0.15) is 5.75 Å². The molecular formula is C18H20N2O. The summed E-state index contributed by atoms with van der Waals surface area (Å²) in [5.74, 6) is 0.926. The van der Waals surface area contributed by atoms with Crippen LogP contribution in [0.4, 0.5) is 5.69 Å². The van der Waals surface area contributed by atoms with Crippen molar-refractivity contribution in [1.29, 1.82) is 0 Å². The fraction of sp³-hybridized carbons (Fsp3) is 0.222. The molecule has 0 aliphatic carbocycles. The van der Waals surface area contributed by atoms with Gasteiger partial charge in [-0.05, 0) is 42.3 Å². The van der Waals surface area contributed by atoms with Crippen molar-refractivity contribution < 1.29 is 4.74 Å². The first-order valence-electron chi connectivity index (χ1n) is 7.33. The predicted molar refractivity (Wildman–Crippen MR) is 87.4 cm³/mol. The molecule has 2 aromatic carbocycles. The lowest BCUT2D eigenvalue weighted by Gasteiger charge is -2.16. The molecule has 1 N–H and O–H groups in total. The largest absolute Gasteiger partial charge is 0.494 e. The van der Waals surface area contributed by atoms with E-state index in [2.05, 4.69) is 52.9 Å². The molecule has 3 heteroatoms. The first-order valence-corrected chi connectivity index (χ1v) is 7.33. The smallest absolute Gasteiger partial charge is 0.119 e. The van der Waals surface area contributed by atoms with Crippen molar-refractivity contribution in [2.24, 2.45) is 0 Å². The summed E-state index contributed by atoms with van der Waals surface area (Å²) in [4.78, 5) is 0. The molecule has 1 saturated heterocycles. The number of hydrogen-bond acceptors (Lipinski definition) is 3. The summed E-state index contributed by atoms with van der Waals surface area (Å²) in [6.45, 7) is 4.51. The predicted octanol–water partition coefficient (Wildman–Crippen LogP) is 3.49. The van der Waals surface area contributed by atoms with E-state index in [0.29, 0.717) is 6.61 Å². The van der Waals surface area contributed by atoms with Gasteiger partial charge in [0.25, 0.3) is 0 Å². The normalized spacial score (nSPS) is 16.4. The minimum absolute atomic E-state index is 0.705. The molecule has 0 radical (unpaired) electrons. The zero-order chi connectivity index (χ0) is 14.5. The van der Waals surface area contributed by atoms with E-state index >= 15 is 0 Å². The maximum Gasteiger partial charge on any atom is 0.119 e. The molecule has 1 aliphatic heterocycles. The van der Waals surface area contributed by atoms with Gasteiger partial charge in [0, 0.05) is 6.54 Å². The lowest BCUT2D eigenvalue weighted by atomic mass is 10.1. The maximum absolute atomic E-state index is 5.46. The molecule has 0 atom stereocenters. The molecule has 0 bridgehead atoms. The Balaban J connectivity index is 1.68. The van der Waals surface area contributed by atoms with Gasteiger partial charge in [0.05, 0.1) is 18.8 Å². The van der Waals surface area contributed by atoms with E-state index < -0.39 is 0 Å². The molecule has 3 rings (SSSR count). The third kappa shape index (κ3) is 3.44. The van der Waals surface area contributed by atoms with Crippen LogP contribution in [0.5, 0.6) is 5.75 Å². The van der Waals surface area contributed by atoms with Gasteiger partial charge in [0.15, 0.2) is 0 Å². The van der Waals surface area contributed by atoms with Crippen LogP contribution in [0.3, 0.4) is 0 Å². The number of ether oxygens (including phenoxy) is 1. The molecule has 0 spiro atoms. The molecule has 0 aromatic heterocycles. The number of rotatable bonds is 4. The van der Waals surface area contributed by atoms with E-state index in [-0.39, 0.29) is 0 Å². The van der Waals surface area contributed by atoms with Crippen LogP contribution in [0, 0.1) is 0 Å². The minimum atomic E-state index is 0.705. The molecule has 1 aliphatic rings. The lowest BCUT2D eigenvalue weighted by Crippen LogP contribution is -2.30. The molecule has 3 nitrogen and oxygen atoms in total. The summed E-state index contributed by atoms with van der Waals surface area (Å²) in [7, 11) is 0. The van der Waals surface area contributed by atoms with Crippen molar-refractivity contribution in [2.45, 2.75) is 6.92 Å². The molecule has 0 saturated carbocycles. The standard InChI is InChI=1S/C18H20N2O/c1-2-21-18-10-8-15(9-11-18)12-16-13-19-20(14-16)17-6-4-3-5-7-17/h3-12,19H,2,13-14H2,1H3. The van der Waals surface area contributed by atoms with E-state index in [1.165, 1.54) is 16.8 Å². The molecule has 21 heavy (non-hydrogen) atoms. The van der Waals surface area contributed by atoms with Gasteiger partial charge < -0.3 is 9.75 Å². The average Bonchev–Trinajstić information content (AvgIpc) is 2.99. The van der Waals surface area contributed by atoms with Gasteiger partial charge in [-0.2, -0.15) is 0 Å². The van der Waals surface area contributed by atoms with Crippen LogP contribution in [0.15, 0.2) is 60.2 Å². The first kappa shape index (κ1) is 13.7. The van der Waals surface area contributed by atoms with Gasteiger partial charge >= 0.3 is 0 Å². The molecular weight excluding hydrogens is 260 g/mol. The van der Waals surface area contributed by atoms with Crippen molar-refractivity contribution >= 4 is 11.8 Å². The van der Waals surface area contributed by atoms with Crippen molar-refractivity contribution in [3.8, 4) is 5.75 Å². The van der Waals surface area contributed by atoms with Crippen LogP contribution in [0.2, 0.25) is 0 Å². The summed E-state index contributed by atoms with van der Waals surface area (Å²) >= 11 is 0. The Morgan fingerprint density at radius 3 is 2.57 bits per heavy atom. The van der Waals surface area contributed by atoms with E-state index in [1.54, 1.807) is 0 Å². The van der Waals surface area contributed by atoms with Crippen molar-refractivity contribution in [1.82, 2.24) is 5.43 Å². The van der Waals surface area contributed by atoms with Gasteiger partial charge in [0.2, 0.25) is 0 Å². The summed E-state index contributed by atoms with van der Waals surface area (Å²) in [5, 5.41) is 2.18. The Morgan fingerprint density at radius 2 is 1.86 bits per heavy atom. The second kappa shape index (κ2) is 6.46. The van der Waals surface area contributed by atoms with Gasteiger partial charge in [-0.25, -0.2) is 5.43 Å². The molecule has 1 fully saturated rings. The van der Waals surface area contributed by atoms with Crippen LogP contribution in [0.1, 0.15) is 12.5 Å². The second-order valence-electron chi connectivity index (χ2n) is 5.06. The van der Waals surface area contributed by atoms with E-state index in [1.807, 2.05) is 25.1 Å². The van der Waals surface area contributed by atoms with Crippen LogP contribution in [-0.2, 0) is 0 Å². The topological polar surface area (TPSA) is 24.5 Å². The quantitative estimate of drug-likeness (QED) is 0.927. The molecule has 1 heterocycles. The Morgan fingerprint density at radius 1 is 1.10 bits per heavy atom. The van der Waals surface area contributed by atoms with E-state index in [9.17, 15) is 0 Å². The molecule has 2 aromatic rings. The van der Waals surface area contributed by atoms with Crippen molar-refractivity contribution in [2.75, 3.05) is 24.7 Å². The lowest BCUT2D eigenvalue weighted by molar-refractivity contribution is 0.340. The Labute approximate surface area is 125 Å². The van der Waals surface area contributed by atoms with Crippen LogP contribution < -0.4 is 15.2 Å². The Hall–Kier alpha value is -2.26. The SMILES string of the molecule is CCOc1ccc(C=C2CNN(c3ccccc3)C2)cc1. The van der Waals surface area contributed by atoms with E-state index in [0.717, 1.165) is 18.8 Å². The fourth-order valence-electron chi connectivity index (χ4n) is 2.46. The molecule has 108 valence electrons. The maximum atomic E-state index is 5.46. The second-order valence-corrected chi connectivity index (χ2v) is 5.06. The number of anilines is 1. The van der Waals surface area contributed by atoms with Crippen molar-refractivity contribution in [3.05, 3.63) is 65.7 Å². The van der Waals surface area contributed by atoms with Gasteiger partial charge in [-0.15, -0.1) is 0 Å². The van der Waals surface area contributed by atoms with Crippen molar-refractivity contribution in [3.63, 3.8) is 0 Å². The summed E-state index contributed by atoms with van der Waals surface area (Å²) < 4.78 is 5.46. The third-order valence-corrected chi connectivity index (χ3v) is 3.49. The Bertz CT molecular complexity index is 605. The molecule has 0 unspecified atom stereocenters. The summed E-state index contributed by atoms with van der Waals surface area (Å²) in [5.41, 5.74) is 7.21. The highest BCUT2D eigenvalue weighted by atomic mass is 16.5. The third-order valence-electron chi connectivity index (χ3n) is 3.49. The number of hydrazine groups is 1. The van der Waals surface area contributed by atoms with Gasteiger partial charge in [-0.1, -0.05) is 36.4 Å².